The van der Waals surface area contributed by atoms with Crippen LogP contribution < -0.4 is 5.32 Å². The summed E-state index contributed by atoms with van der Waals surface area (Å²) in [6, 6.07) is 8.09. The van der Waals surface area contributed by atoms with E-state index in [9.17, 15) is 14.4 Å². The third-order valence-electron chi connectivity index (χ3n) is 4.38. The first-order chi connectivity index (χ1) is 13.4. The van der Waals surface area contributed by atoms with Crippen LogP contribution in [0.1, 0.15) is 35.7 Å². The Morgan fingerprint density at radius 2 is 2.00 bits per heavy atom. The lowest BCUT2D eigenvalue weighted by molar-refractivity contribution is -0.140. The molecule has 1 aromatic rings. The molecule has 2 amide bonds. The third-order valence-corrected chi connectivity index (χ3v) is 5.84. The van der Waals surface area contributed by atoms with E-state index in [4.69, 9.17) is 5.26 Å². The molecule has 0 bridgehead atoms. The van der Waals surface area contributed by atoms with E-state index in [2.05, 4.69) is 15.0 Å². The summed E-state index contributed by atoms with van der Waals surface area (Å²) < 4.78 is 4.56. The van der Waals surface area contributed by atoms with Crippen LogP contribution in [0.2, 0.25) is 0 Å². The summed E-state index contributed by atoms with van der Waals surface area (Å²) in [5, 5.41) is 11.7. The summed E-state index contributed by atoms with van der Waals surface area (Å²) >= 11 is 1.23. The molecule has 0 spiro atoms. The van der Waals surface area contributed by atoms with E-state index in [-0.39, 0.29) is 24.3 Å². The minimum atomic E-state index is -0.426. The number of nitrogens with one attached hydrogen (secondary N) is 1. The van der Waals surface area contributed by atoms with Gasteiger partial charge in [-0.15, -0.1) is 0 Å². The summed E-state index contributed by atoms with van der Waals surface area (Å²) in [5.41, 5.74) is 0.845. The largest absolute Gasteiger partial charge is 0.469 e. The minimum Gasteiger partial charge on any atom is -0.469 e. The van der Waals surface area contributed by atoms with E-state index in [0.717, 1.165) is 0 Å². The molecule has 1 aliphatic heterocycles. The lowest BCUT2D eigenvalue weighted by atomic mass is 10.1. The van der Waals surface area contributed by atoms with Gasteiger partial charge in [0.25, 0.3) is 5.91 Å². The standard InChI is InChI=1S/C19H22N4O4S/c1-12-16(18(26)21-10-4-5-15(24)27-3)28-19(23(12)2)22-17(25)14-8-6-13(11-20)7-9-14/h6-9,12,16H,4-5,10H2,1-3H3,(H,21,26). The highest BCUT2D eigenvalue weighted by molar-refractivity contribution is 8.15. The second kappa shape index (κ2) is 9.90. The second-order valence-corrected chi connectivity index (χ2v) is 7.36. The number of esters is 1. The van der Waals surface area contributed by atoms with Crippen LogP contribution in [-0.4, -0.2) is 59.8 Å². The molecule has 1 N–H and O–H groups in total. The maximum absolute atomic E-state index is 12.4. The van der Waals surface area contributed by atoms with Gasteiger partial charge in [-0.1, -0.05) is 11.8 Å². The normalized spacial score (nSPS) is 19.9. The Morgan fingerprint density at radius 1 is 1.32 bits per heavy atom. The predicted octanol–water partition coefficient (Wildman–Crippen LogP) is 1.56. The van der Waals surface area contributed by atoms with E-state index in [1.54, 1.807) is 36.2 Å². The summed E-state index contributed by atoms with van der Waals surface area (Å²) in [7, 11) is 3.11. The van der Waals surface area contributed by atoms with Crippen LogP contribution in [-0.2, 0) is 14.3 Å². The summed E-state index contributed by atoms with van der Waals surface area (Å²) in [5.74, 6) is -0.899. The number of amides is 2. The number of ether oxygens (including phenoxy) is 1. The van der Waals surface area contributed by atoms with Gasteiger partial charge in [-0.25, -0.2) is 0 Å². The first-order valence-corrected chi connectivity index (χ1v) is 9.62. The van der Waals surface area contributed by atoms with Crippen LogP contribution in [0.4, 0.5) is 0 Å². The van der Waals surface area contributed by atoms with Gasteiger partial charge in [0.05, 0.1) is 18.7 Å². The number of methoxy groups -OCH3 is 1. The quantitative estimate of drug-likeness (QED) is 0.568. The van der Waals surface area contributed by atoms with Crippen molar-refractivity contribution in [1.29, 1.82) is 5.26 Å². The molecular formula is C19H22N4O4S. The average Bonchev–Trinajstić information content (AvgIpc) is 2.99. The zero-order valence-electron chi connectivity index (χ0n) is 16.0. The topological polar surface area (TPSA) is 112 Å². The van der Waals surface area contributed by atoms with Crippen molar-refractivity contribution in [2.75, 3.05) is 20.7 Å². The molecule has 9 heteroatoms. The molecule has 1 saturated heterocycles. The van der Waals surface area contributed by atoms with E-state index in [1.165, 1.54) is 18.9 Å². The predicted molar refractivity (Wildman–Crippen MR) is 106 cm³/mol. The van der Waals surface area contributed by atoms with Gasteiger partial charge in [-0.05, 0) is 37.6 Å². The number of thioether (sulfide) groups is 1. The van der Waals surface area contributed by atoms with Gasteiger partial charge in [-0.2, -0.15) is 10.3 Å². The van der Waals surface area contributed by atoms with Crippen LogP contribution in [0.3, 0.4) is 0 Å². The number of nitriles is 1. The molecule has 2 rings (SSSR count). The van der Waals surface area contributed by atoms with Gasteiger partial charge in [-0.3, -0.25) is 14.4 Å². The van der Waals surface area contributed by atoms with Gasteiger partial charge in [0.1, 0.15) is 5.25 Å². The number of nitrogens with zero attached hydrogens (tertiary/aromatic N) is 3. The molecule has 1 aliphatic rings. The lowest BCUT2D eigenvalue weighted by Gasteiger charge is -2.19. The number of hydrogen-bond acceptors (Lipinski definition) is 6. The first kappa shape index (κ1) is 21.4. The Bertz CT molecular complexity index is 816. The smallest absolute Gasteiger partial charge is 0.305 e. The van der Waals surface area contributed by atoms with Gasteiger partial charge < -0.3 is 15.0 Å². The number of rotatable bonds is 6. The second-order valence-electron chi connectivity index (χ2n) is 6.25. The highest BCUT2D eigenvalue weighted by Crippen LogP contribution is 2.31. The molecule has 2 unspecified atom stereocenters. The summed E-state index contributed by atoms with van der Waals surface area (Å²) in [6.07, 6.45) is 0.744. The maximum Gasteiger partial charge on any atom is 0.305 e. The average molecular weight is 402 g/mol. The molecule has 0 aliphatic carbocycles. The van der Waals surface area contributed by atoms with Crippen molar-refractivity contribution in [1.82, 2.24) is 10.2 Å². The monoisotopic (exact) mass is 402 g/mol. The SMILES string of the molecule is COC(=O)CCCNC(=O)C1SC(=NC(=O)c2ccc(C#N)cc2)N(C)C1C. The zero-order valence-corrected chi connectivity index (χ0v) is 16.8. The van der Waals surface area contributed by atoms with Crippen molar-refractivity contribution in [2.45, 2.75) is 31.1 Å². The molecule has 8 nitrogen and oxygen atoms in total. The van der Waals surface area contributed by atoms with E-state index >= 15 is 0 Å². The Hall–Kier alpha value is -2.86. The molecular weight excluding hydrogens is 380 g/mol. The highest BCUT2D eigenvalue weighted by atomic mass is 32.2. The van der Waals surface area contributed by atoms with Gasteiger partial charge in [0.15, 0.2) is 5.17 Å². The Labute approximate surface area is 167 Å². The fourth-order valence-corrected chi connectivity index (χ4v) is 3.80. The van der Waals surface area contributed by atoms with E-state index in [1.807, 2.05) is 13.0 Å². The Kier molecular flexibility index (Phi) is 7.58. The van der Waals surface area contributed by atoms with Crippen LogP contribution in [0.5, 0.6) is 0 Å². The van der Waals surface area contributed by atoms with Crippen molar-refractivity contribution >= 4 is 34.7 Å². The van der Waals surface area contributed by atoms with Crippen molar-refractivity contribution < 1.29 is 19.1 Å². The van der Waals surface area contributed by atoms with Crippen molar-refractivity contribution in [3.05, 3.63) is 35.4 Å². The highest BCUT2D eigenvalue weighted by Gasteiger charge is 2.39. The zero-order chi connectivity index (χ0) is 20.7. The molecule has 1 aromatic carbocycles. The van der Waals surface area contributed by atoms with E-state index < -0.39 is 11.2 Å². The van der Waals surface area contributed by atoms with Crippen molar-refractivity contribution in [3.63, 3.8) is 0 Å². The molecule has 0 aromatic heterocycles. The molecule has 0 saturated carbocycles. The minimum absolute atomic E-state index is 0.141. The Morgan fingerprint density at radius 3 is 2.61 bits per heavy atom. The number of carbonyl (C=O) groups is 3. The van der Waals surface area contributed by atoms with Crippen molar-refractivity contribution in [3.8, 4) is 6.07 Å². The van der Waals surface area contributed by atoms with Crippen molar-refractivity contribution in [2.24, 2.45) is 4.99 Å². The lowest BCUT2D eigenvalue weighted by Crippen LogP contribution is -2.41. The van der Waals surface area contributed by atoms with Crippen LogP contribution in [0.15, 0.2) is 29.3 Å². The fraction of sp³-hybridized carbons (Fsp3) is 0.421. The number of carbonyl (C=O) groups excluding carboxylic acids is 3. The van der Waals surface area contributed by atoms with Gasteiger partial charge in [0, 0.05) is 31.6 Å². The molecule has 0 radical (unpaired) electrons. The third kappa shape index (κ3) is 5.33. The van der Waals surface area contributed by atoms with Crippen LogP contribution >= 0.6 is 11.8 Å². The van der Waals surface area contributed by atoms with Gasteiger partial charge >= 0.3 is 5.97 Å². The molecule has 28 heavy (non-hydrogen) atoms. The number of benzene rings is 1. The summed E-state index contributed by atoms with van der Waals surface area (Å²) in [4.78, 5) is 41.9. The molecule has 1 fully saturated rings. The molecule has 148 valence electrons. The molecule has 1 heterocycles. The maximum atomic E-state index is 12.4. The number of amidine groups is 1. The number of hydrogen-bond donors (Lipinski definition) is 1. The number of aliphatic imine (C=N–C) groups is 1. The fourth-order valence-electron chi connectivity index (χ4n) is 2.54. The first-order valence-electron chi connectivity index (χ1n) is 8.74. The van der Waals surface area contributed by atoms with Crippen LogP contribution in [0, 0.1) is 11.3 Å². The van der Waals surface area contributed by atoms with Crippen LogP contribution in [0.25, 0.3) is 0 Å². The Balaban J connectivity index is 1.97. The van der Waals surface area contributed by atoms with E-state index in [0.29, 0.717) is 29.3 Å². The summed E-state index contributed by atoms with van der Waals surface area (Å²) in [6.45, 7) is 2.26. The molecule has 2 atom stereocenters. The van der Waals surface area contributed by atoms with Gasteiger partial charge in [0.2, 0.25) is 5.91 Å².